The number of ether oxygens (including phenoxy) is 1. The Morgan fingerprint density at radius 2 is 1.93 bits per heavy atom. The number of nitrogens with one attached hydrogen (secondary N) is 1. The number of rotatable bonds is 4. The Bertz CT molecular complexity index is 861. The number of nitrogens with zero attached hydrogens (tertiary/aromatic N) is 2. The van der Waals surface area contributed by atoms with Crippen LogP contribution in [0.3, 0.4) is 0 Å². The highest BCUT2D eigenvalue weighted by atomic mass is 16.7. The van der Waals surface area contributed by atoms with Crippen molar-refractivity contribution >= 4 is 17.5 Å². The Morgan fingerprint density at radius 1 is 1.14 bits per heavy atom. The van der Waals surface area contributed by atoms with Crippen LogP contribution in [0, 0.1) is 0 Å². The van der Waals surface area contributed by atoms with E-state index in [4.69, 9.17) is 14.4 Å². The Kier molecular flexibility index (Phi) is 5.16. The van der Waals surface area contributed by atoms with Crippen molar-refractivity contribution < 1.29 is 19.2 Å². The molecule has 1 saturated heterocycles. The van der Waals surface area contributed by atoms with E-state index < -0.39 is 6.09 Å². The maximum absolute atomic E-state index is 12.2. The first-order valence-corrected chi connectivity index (χ1v) is 9.34. The van der Waals surface area contributed by atoms with Gasteiger partial charge >= 0.3 is 6.09 Å². The van der Waals surface area contributed by atoms with Crippen molar-refractivity contribution in [3.63, 3.8) is 0 Å². The van der Waals surface area contributed by atoms with E-state index in [0.29, 0.717) is 24.5 Å². The van der Waals surface area contributed by atoms with Crippen molar-refractivity contribution in [2.75, 3.05) is 25.5 Å². The average Bonchev–Trinajstić information content (AvgIpc) is 3.14. The van der Waals surface area contributed by atoms with Crippen LogP contribution in [0.1, 0.15) is 24.8 Å². The Morgan fingerprint density at radius 3 is 2.68 bits per heavy atom. The molecule has 0 unspecified atom stereocenters. The van der Waals surface area contributed by atoms with E-state index in [1.54, 1.807) is 30.4 Å². The van der Waals surface area contributed by atoms with Crippen molar-refractivity contribution in [2.24, 2.45) is 5.16 Å². The molecule has 2 aliphatic rings. The van der Waals surface area contributed by atoms with Crippen LogP contribution in [-0.4, -0.2) is 42.7 Å². The van der Waals surface area contributed by atoms with Gasteiger partial charge in [-0.25, -0.2) is 4.79 Å². The van der Waals surface area contributed by atoms with Gasteiger partial charge in [-0.3, -0.25) is 5.32 Å². The predicted molar refractivity (Wildman–Crippen MR) is 105 cm³/mol. The summed E-state index contributed by atoms with van der Waals surface area (Å²) >= 11 is 0. The van der Waals surface area contributed by atoms with Gasteiger partial charge in [-0.1, -0.05) is 41.6 Å². The Balaban J connectivity index is 1.27. The quantitative estimate of drug-likeness (QED) is 0.872. The molecular formula is C21H23N3O4. The second-order valence-corrected chi connectivity index (χ2v) is 7.02. The summed E-state index contributed by atoms with van der Waals surface area (Å²) in [4.78, 5) is 23.4. The minimum absolute atomic E-state index is 0.297. The van der Waals surface area contributed by atoms with Crippen molar-refractivity contribution in [3.8, 4) is 5.75 Å². The van der Waals surface area contributed by atoms with Gasteiger partial charge in [0.05, 0.1) is 12.8 Å². The van der Waals surface area contributed by atoms with Gasteiger partial charge in [0, 0.05) is 44.1 Å². The van der Waals surface area contributed by atoms with Crippen LogP contribution in [0.15, 0.2) is 59.8 Å². The predicted octanol–water partition coefficient (Wildman–Crippen LogP) is 3.82. The van der Waals surface area contributed by atoms with Gasteiger partial charge < -0.3 is 14.4 Å². The zero-order valence-corrected chi connectivity index (χ0v) is 15.8. The molecule has 1 spiro atoms. The lowest BCUT2D eigenvalue weighted by Crippen LogP contribution is -2.45. The van der Waals surface area contributed by atoms with E-state index in [1.165, 1.54) is 0 Å². The molecule has 2 aromatic carbocycles. The maximum atomic E-state index is 12.2. The van der Waals surface area contributed by atoms with Crippen molar-refractivity contribution in [2.45, 2.75) is 24.9 Å². The zero-order valence-electron chi connectivity index (χ0n) is 15.8. The highest BCUT2D eigenvalue weighted by molar-refractivity contribution is 6.01. The first-order chi connectivity index (χ1) is 13.7. The minimum atomic E-state index is -0.516. The number of oxime groups is 1. The summed E-state index contributed by atoms with van der Waals surface area (Å²) < 4.78 is 5.15. The smallest absolute Gasteiger partial charge is 0.430 e. The number of hydrogen-bond donors (Lipinski definition) is 1. The summed E-state index contributed by atoms with van der Waals surface area (Å²) in [5.41, 5.74) is 2.40. The SMILES string of the molecule is COc1cccc(NC(=O)ON2CCC3(CC2)CC(c2ccccc2)=NO3)c1. The highest BCUT2D eigenvalue weighted by Gasteiger charge is 2.43. The molecule has 0 aliphatic carbocycles. The lowest BCUT2D eigenvalue weighted by atomic mass is 9.86. The van der Waals surface area contributed by atoms with Crippen LogP contribution in [-0.2, 0) is 9.68 Å². The third-order valence-electron chi connectivity index (χ3n) is 5.11. The number of methoxy groups -OCH3 is 1. The Hall–Kier alpha value is -3.06. The topological polar surface area (TPSA) is 72.4 Å². The highest BCUT2D eigenvalue weighted by Crippen LogP contribution is 2.36. The van der Waals surface area contributed by atoms with Crippen LogP contribution in [0.25, 0.3) is 0 Å². The molecule has 0 saturated carbocycles. The van der Waals surface area contributed by atoms with E-state index in [2.05, 4.69) is 10.5 Å². The Labute approximate surface area is 163 Å². The van der Waals surface area contributed by atoms with Gasteiger partial charge in [-0.2, -0.15) is 0 Å². The van der Waals surface area contributed by atoms with Gasteiger partial charge in [-0.05, 0) is 17.7 Å². The van der Waals surface area contributed by atoms with Gasteiger partial charge in [0.25, 0.3) is 0 Å². The molecule has 1 amide bonds. The van der Waals surface area contributed by atoms with Gasteiger partial charge in [0.15, 0.2) is 0 Å². The molecule has 0 radical (unpaired) electrons. The van der Waals surface area contributed by atoms with Crippen LogP contribution in [0.4, 0.5) is 10.5 Å². The third kappa shape index (κ3) is 4.09. The number of carbonyl (C=O) groups excluding carboxylic acids is 1. The number of benzene rings is 2. The summed E-state index contributed by atoms with van der Waals surface area (Å²) in [5, 5.41) is 8.70. The van der Waals surface area contributed by atoms with Crippen LogP contribution < -0.4 is 10.1 Å². The van der Waals surface area contributed by atoms with Crippen LogP contribution in [0.2, 0.25) is 0 Å². The standard InChI is InChI=1S/C21H23N3O4/c1-26-18-9-5-8-17(14-18)22-20(25)27-24-12-10-21(11-13-24)15-19(23-28-21)16-6-3-2-4-7-16/h2-9,14H,10-13,15H2,1H3,(H,22,25). The average molecular weight is 381 g/mol. The van der Waals surface area contributed by atoms with E-state index in [1.807, 2.05) is 36.4 Å². The lowest BCUT2D eigenvalue weighted by Gasteiger charge is -2.35. The number of amides is 1. The summed E-state index contributed by atoms with van der Waals surface area (Å²) in [5.74, 6) is 0.672. The molecule has 1 N–H and O–H groups in total. The van der Waals surface area contributed by atoms with E-state index >= 15 is 0 Å². The molecule has 2 aliphatic heterocycles. The van der Waals surface area contributed by atoms with Crippen molar-refractivity contribution in [3.05, 3.63) is 60.2 Å². The normalized spacial score (nSPS) is 18.2. The van der Waals surface area contributed by atoms with Gasteiger partial charge in [-0.15, -0.1) is 5.06 Å². The maximum Gasteiger partial charge on any atom is 0.430 e. The van der Waals surface area contributed by atoms with Crippen LogP contribution in [0.5, 0.6) is 5.75 Å². The summed E-state index contributed by atoms with van der Waals surface area (Å²) in [6.07, 6.45) is 1.76. The number of anilines is 1. The minimum Gasteiger partial charge on any atom is -0.497 e. The largest absolute Gasteiger partial charge is 0.497 e. The molecule has 2 heterocycles. The molecule has 146 valence electrons. The lowest BCUT2D eigenvalue weighted by molar-refractivity contribution is -0.154. The molecule has 4 rings (SSSR count). The second-order valence-electron chi connectivity index (χ2n) is 7.02. The molecule has 0 atom stereocenters. The monoisotopic (exact) mass is 381 g/mol. The number of hydroxylamine groups is 2. The number of carbonyl (C=O) groups is 1. The molecular weight excluding hydrogens is 358 g/mol. The van der Waals surface area contributed by atoms with Gasteiger partial charge in [0.1, 0.15) is 11.4 Å². The third-order valence-corrected chi connectivity index (χ3v) is 5.11. The number of hydrogen-bond acceptors (Lipinski definition) is 6. The van der Waals surface area contributed by atoms with Crippen molar-refractivity contribution in [1.29, 1.82) is 0 Å². The fourth-order valence-electron chi connectivity index (χ4n) is 3.52. The summed E-state index contributed by atoms with van der Waals surface area (Å²) in [7, 11) is 1.58. The molecule has 1 fully saturated rings. The fraction of sp³-hybridized carbons (Fsp3) is 0.333. The first kappa shape index (κ1) is 18.3. The second kappa shape index (κ2) is 7.90. The van der Waals surface area contributed by atoms with E-state index in [9.17, 15) is 4.79 Å². The molecule has 7 heteroatoms. The first-order valence-electron chi connectivity index (χ1n) is 9.34. The molecule has 0 bridgehead atoms. The molecule has 0 aromatic heterocycles. The van der Waals surface area contributed by atoms with Crippen molar-refractivity contribution in [1.82, 2.24) is 5.06 Å². The van der Waals surface area contributed by atoms with E-state index in [0.717, 1.165) is 30.5 Å². The number of piperidine rings is 1. The van der Waals surface area contributed by atoms with Crippen LogP contribution >= 0.6 is 0 Å². The van der Waals surface area contributed by atoms with E-state index in [-0.39, 0.29) is 5.60 Å². The summed E-state index contributed by atoms with van der Waals surface area (Å²) in [6, 6.07) is 17.2. The van der Waals surface area contributed by atoms with Gasteiger partial charge in [0.2, 0.25) is 0 Å². The zero-order chi connectivity index (χ0) is 19.4. The molecule has 2 aromatic rings. The molecule has 7 nitrogen and oxygen atoms in total. The summed E-state index contributed by atoms with van der Waals surface area (Å²) in [6.45, 7) is 1.20. The molecule has 28 heavy (non-hydrogen) atoms. The fourth-order valence-corrected chi connectivity index (χ4v) is 3.52.